The number of likely N-dealkylation sites (tertiary alicyclic amines) is 1. The molecule has 7 nitrogen and oxygen atoms in total. The molecule has 0 saturated carbocycles. The smallest absolute Gasteiger partial charge is 0.243 e. The van der Waals surface area contributed by atoms with Gasteiger partial charge in [-0.05, 0) is 81.4 Å². The highest BCUT2D eigenvalue weighted by molar-refractivity contribution is 7.89. The van der Waals surface area contributed by atoms with Gasteiger partial charge in [0, 0.05) is 28.6 Å². The summed E-state index contributed by atoms with van der Waals surface area (Å²) in [7, 11) is -3.69. The average molecular weight is 523 g/mol. The van der Waals surface area contributed by atoms with E-state index in [1.807, 2.05) is 0 Å². The quantitative estimate of drug-likeness (QED) is 0.539. The van der Waals surface area contributed by atoms with E-state index < -0.39 is 15.8 Å². The van der Waals surface area contributed by atoms with Crippen molar-refractivity contribution in [2.24, 2.45) is 5.92 Å². The molecule has 0 amide bonds. The predicted octanol–water partition coefficient (Wildman–Crippen LogP) is 3.67. The third-order valence-electron chi connectivity index (χ3n) is 7.08. The van der Waals surface area contributed by atoms with Crippen molar-refractivity contribution in [2.75, 3.05) is 45.9 Å². The Kier molecular flexibility index (Phi) is 7.00. The van der Waals surface area contributed by atoms with E-state index in [4.69, 9.17) is 21.1 Å². The van der Waals surface area contributed by atoms with Gasteiger partial charge in [0.2, 0.25) is 15.8 Å². The van der Waals surface area contributed by atoms with Crippen LogP contribution in [0.4, 0.5) is 4.39 Å². The number of ether oxygens (including phenoxy) is 2. The van der Waals surface area contributed by atoms with Crippen LogP contribution >= 0.6 is 11.6 Å². The van der Waals surface area contributed by atoms with Crippen molar-refractivity contribution in [1.29, 1.82) is 0 Å². The summed E-state index contributed by atoms with van der Waals surface area (Å²) in [6.07, 6.45) is 2.11. The van der Waals surface area contributed by atoms with E-state index >= 15 is 0 Å². The van der Waals surface area contributed by atoms with Crippen LogP contribution in [-0.4, -0.2) is 69.3 Å². The maximum absolute atomic E-state index is 13.3. The summed E-state index contributed by atoms with van der Waals surface area (Å²) >= 11 is 6.15. The highest BCUT2D eigenvalue weighted by Crippen LogP contribution is 2.43. The third-order valence-corrected chi connectivity index (χ3v) is 9.22. The molecule has 1 spiro atoms. The molecular formula is C25H28ClFN2O5S. The second-order valence-corrected chi connectivity index (χ2v) is 11.6. The fraction of sp³-hybridized carbons (Fsp3) is 0.480. The van der Waals surface area contributed by atoms with Crippen LogP contribution in [0.2, 0.25) is 5.02 Å². The Morgan fingerprint density at radius 3 is 2.43 bits per heavy atom. The number of fused-ring (bicyclic) bond motifs is 2. The summed E-state index contributed by atoms with van der Waals surface area (Å²) in [5.41, 5.74) is 1.01. The second kappa shape index (κ2) is 9.88. The summed E-state index contributed by atoms with van der Waals surface area (Å²) in [5.74, 6) is -1.48. The molecule has 0 atom stereocenters. The van der Waals surface area contributed by atoms with E-state index in [2.05, 4.69) is 4.90 Å². The largest absolute Gasteiger partial charge is 0.342 e. The molecule has 0 aromatic heterocycles. The van der Waals surface area contributed by atoms with Crippen LogP contribution < -0.4 is 0 Å². The van der Waals surface area contributed by atoms with Crippen molar-refractivity contribution in [3.05, 3.63) is 64.4 Å². The Bertz CT molecular complexity index is 1190. The van der Waals surface area contributed by atoms with Crippen molar-refractivity contribution in [3.8, 4) is 0 Å². The number of ketones is 1. The Balaban J connectivity index is 1.18. The Labute approximate surface area is 209 Å². The molecule has 3 heterocycles. The molecule has 0 radical (unpaired) electrons. The first-order valence-corrected chi connectivity index (χ1v) is 13.7. The van der Waals surface area contributed by atoms with Crippen molar-refractivity contribution in [3.63, 3.8) is 0 Å². The van der Waals surface area contributed by atoms with Gasteiger partial charge in [0.25, 0.3) is 0 Å². The maximum Gasteiger partial charge on any atom is 0.243 e. The fourth-order valence-electron chi connectivity index (χ4n) is 5.21. The number of carbonyl (C=O) groups is 1. The molecule has 2 fully saturated rings. The lowest BCUT2D eigenvalue weighted by Gasteiger charge is -2.39. The maximum atomic E-state index is 13.3. The number of piperidine rings is 1. The van der Waals surface area contributed by atoms with Crippen molar-refractivity contribution in [2.45, 2.75) is 29.9 Å². The van der Waals surface area contributed by atoms with E-state index in [-0.39, 0.29) is 29.0 Å². The summed E-state index contributed by atoms with van der Waals surface area (Å²) in [6.45, 7) is 3.48. The monoisotopic (exact) mass is 522 g/mol. The van der Waals surface area contributed by atoms with Gasteiger partial charge in [0.15, 0.2) is 5.78 Å². The SMILES string of the molecule is O=C(c1ccc(F)cc1)C1CCN(CCCN2CC3(OCCO3)c3cc(Cl)ccc3S2(=O)=O)CC1. The molecule has 3 aliphatic rings. The minimum atomic E-state index is -3.69. The molecule has 35 heavy (non-hydrogen) atoms. The van der Waals surface area contributed by atoms with E-state index in [1.165, 1.54) is 22.5 Å². The molecular weight excluding hydrogens is 495 g/mol. The lowest BCUT2D eigenvalue weighted by Crippen LogP contribution is -2.50. The van der Waals surface area contributed by atoms with E-state index in [1.54, 1.807) is 24.3 Å². The van der Waals surface area contributed by atoms with Crippen molar-refractivity contribution in [1.82, 2.24) is 9.21 Å². The number of rotatable bonds is 6. The number of hydrogen-bond acceptors (Lipinski definition) is 6. The number of benzene rings is 2. The highest BCUT2D eigenvalue weighted by atomic mass is 35.5. The van der Waals surface area contributed by atoms with Gasteiger partial charge in [0.1, 0.15) is 5.82 Å². The van der Waals surface area contributed by atoms with E-state index in [9.17, 15) is 17.6 Å². The van der Waals surface area contributed by atoms with Crippen LogP contribution in [0.3, 0.4) is 0 Å². The first kappa shape index (κ1) is 24.8. The van der Waals surface area contributed by atoms with Gasteiger partial charge in [-0.2, -0.15) is 4.31 Å². The molecule has 0 N–H and O–H groups in total. The number of nitrogens with zero attached hydrogens (tertiary/aromatic N) is 2. The number of carbonyl (C=O) groups excluding carboxylic acids is 1. The van der Waals surface area contributed by atoms with Gasteiger partial charge in [0.05, 0.1) is 24.7 Å². The first-order chi connectivity index (χ1) is 16.8. The standard InChI is InChI=1S/C25H28ClFN2O5S/c26-20-4-7-23-22(16-20)25(33-14-15-34-25)17-29(35(23,31)32)11-1-10-28-12-8-19(9-13-28)24(30)18-2-5-21(27)6-3-18/h2-7,16,19H,1,8-15,17H2. The van der Waals surface area contributed by atoms with E-state index in [0.717, 1.165) is 32.5 Å². The van der Waals surface area contributed by atoms with Crippen LogP contribution in [0.15, 0.2) is 47.4 Å². The number of Topliss-reactive ketones (excluding diaryl/α,β-unsaturated/α-hetero) is 1. The van der Waals surface area contributed by atoms with Crippen LogP contribution in [0.1, 0.15) is 35.2 Å². The van der Waals surface area contributed by atoms with E-state index in [0.29, 0.717) is 42.3 Å². The molecule has 5 rings (SSSR count). The molecule has 2 aromatic carbocycles. The number of halogens is 2. The van der Waals surface area contributed by atoms with Crippen molar-refractivity contribution < 1.29 is 27.1 Å². The molecule has 10 heteroatoms. The lowest BCUT2D eigenvalue weighted by molar-refractivity contribution is -0.176. The molecule has 2 aromatic rings. The van der Waals surface area contributed by atoms with Gasteiger partial charge in [-0.3, -0.25) is 4.79 Å². The average Bonchev–Trinajstić information content (AvgIpc) is 3.32. The summed E-state index contributed by atoms with van der Waals surface area (Å²) in [5, 5.41) is 0.437. The Morgan fingerprint density at radius 1 is 1.06 bits per heavy atom. The normalized spacial score (nSPS) is 22.3. The second-order valence-electron chi connectivity index (χ2n) is 9.27. The Hall–Kier alpha value is -1.88. The number of sulfonamides is 1. The zero-order valence-electron chi connectivity index (χ0n) is 19.3. The molecule has 0 bridgehead atoms. The topological polar surface area (TPSA) is 76.2 Å². The molecule has 0 unspecified atom stereocenters. The molecule has 188 valence electrons. The van der Waals surface area contributed by atoms with Gasteiger partial charge in [-0.1, -0.05) is 11.6 Å². The van der Waals surface area contributed by atoms with Crippen LogP contribution in [0, 0.1) is 11.7 Å². The first-order valence-electron chi connectivity index (χ1n) is 11.9. The van der Waals surface area contributed by atoms with Gasteiger partial charge < -0.3 is 14.4 Å². The molecule has 2 saturated heterocycles. The fourth-order valence-corrected chi connectivity index (χ4v) is 7.10. The summed E-state index contributed by atoms with van der Waals surface area (Å²) in [4.78, 5) is 15.1. The predicted molar refractivity (Wildman–Crippen MR) is 128 cm³/mol. The number of hydrogen-bond donors (Lipinski definition) is 0. The van der Waals surface area contributed by atoms with Crippen LogP contribution in [0.25, 0.3) is 0 Å². The lowest BCUT2D eigenvalue weighted by atomic mass is 9.89. The van der Waals surface area contributed by atoms with Gasteiger partial charge in [-0.25, -0.2) is 12.8 Å². The zero-order valence-corrected chi connectivity index (χ0v) is 20.9. The van der Waals surface area contributed by atoms with Gasteiger partial charge in [-0.15, -0.1) is 0 Å². The van der Waals surface area contributed by atoms with Crippen LogP contribution in [0.5, 0.6) is 0 Å². The minimum Gasteiger partial charge on any atom is -0.342 e. The zero-order chi connectivity index (χ0) is 24.6. The minimum absolute atomic E-state index is 0.0599. The van der Waals surface area contributed by atoms with Gasteiger partial charge >= 0.3 is 0 Å². The summed E-state index contributed by atoms with van der Waals surface area (Å²) < 4.78 is 53.0. The molecule has 3 aliphatic heterocycles. The Morgan fingerprint density at radius 2 is 1.74 bits per heavy atom. The van der Waals surface area contributed by atoms with Crippen molar-refractivity contribution >= 4 is 27.4 Å². The highest BCUT2D eigenvalue weighted by Gasteiger charge is 2.50. The van der Waals surface area contributed by atoms with Crippen LogP contribution in [-0.2, 0) is 25.3 Å². The third kappa shape index (κ3) is 4.90. The summed E-state index contributed by atoms with van der Waals surface area (Å²) in [6, 6.07) is 10.4. The molecule has 0 aliphatic carbocycles.